The maximum Gasteiger partial charge on any atom is 0.126 e. The number of rotatable bonds is 8. The molecule has 0 spiro atoms. The van der Waals surface area contributed by atoms with Crippen LogP contribution in [0.1, 0.15) is 24.6 Å². The highest BCUT2D eigenvalue weighted by Crippen LogP contribution is 2.16. The van der Waals surface area contributed by atoms with Gasteiger partial charge in [0.05, 0.1) is 6.61 Å². The minimum Gasteiger partial charge on any atom is -0.493 e. The third kappa shape index (κ3) is 4.63. The average Bonchev–Trinajstić information content (AvgIpc) is 2.50. The predicted molar refractivity (Wildman–Crippen MR) is 79.7 cm³/mol. The zero-order valence-electron chi connectivity index (χ0n) is 11.9. The Bertz CT molecular complexity index is 502. The van der Waals surface area contributed by atoms with Crippen LogP contribution >= 0.6 is 0 Å². The van der Waals surface area contributed by atoms with Gasteiger partial charge in [-0.15, -0.1) is 0 Å². The molecule has 0 saturated heterocycles. The van der Waals surface area contributed by atoms with Crippen molar-refractivity contribution < 1.29 is 4.74 Å². The third-order valence-electron chi connectivity index (χ3n) is 2.94. The second kappa shape index (κ2) is 8.27. The van der Waals surface area contributed by atoms with Crippen LogP contribution < -0.4 is 10.1 Å². The Kier molecular flexibility index (Phi) is 5.99. The molecule has 0 aliphatic heterocycles. The molecule has 0 bridgehead atoms. The van der Waals surface area contributed by atoms with Crippen LogP contribution in [-0.4, -0.2) is 23.1 Å². The zero-order chi connectivity index (χ0) is 14.0. The maximum absolute atomic E-state index is 5.85. The summed E-state index contributed by atoms with van der Waals surface area (Å²) in [7, 11) is 0. The Balaban J connectivity index is 1.85. The van der Waals surface area contributed by atoms with Crippen LogP contribution in [0.3, 0.4) is 0 Å². The van der Waals surface area contributed by atoms with Crippen molar-refractivity contribution in [2.75, 3.05) is 13.2 Å². The number of hydrogen-bond acceptors (Lipinski definition) is 4. The number of hydrogen-bond donors (Lipinski definition) is 1. The normalized spacial score (nSPS) is 10.4. The van der Waals surface area contributed by atoms with E-state index >= 15 is 0 Å². The fourth-order valence-corrected chi connectivity index (χ4v) is 1.90. The van der Waals surface area contributed by atoms with Crippen LogP contribution in [0.5, 0.6) is 5.75 Å². The molecule has 0 aliphatic rings. The van der Waals surface area contributed by atoms with Gasteiger partial charge in [-0.05, 0) is 31.2 Å². The molecule has 1 N–H and O–H groups in total. The van der Waals surface area contributed by atoms with Gasteiger partial charge in [0.1, 0.15) is 5.75 Å². The van der Waals surface area contributed by atoms with Crippen LogP contribution in [-0.2, 0) is 13.0 Å². The molecule has 0 unspecified atom stereocenters. The van der Waals surface area contributed by atoms with E-state index in [0.29, 0.717) is 6.61 Å². The summed E-state index contributed by atoms with van der Waals surface area (Å²) in [5.74, 6) is 0.902. The highest BCUT2D eigenvalue weighted by molar-refractivity contribution is 5.30. The quantitative estimate of drug-likeness (QED) is 0.750. The van der Waals surface area contributed by atoms with Gasteiger partial charge in [0.15, 0.2) is 0 Å². The second-order valence-corrected chi connectivity index (χ2v) is 4.58. The topological polar surface area (TPSA) is 47.0 Å². The van der Waals surface area contributed by atoms with Gasteiger partial charge < -0.3 is 10.1 Å². The van der Waals surface area contributed by atoms with Gasteiger partial charge in [0.2, 0.25) is 0 Å². The van der Waals surface area contributed by atoms with Crippen LogP contribution in [0.4, 0.5) is 0 Å². The molecule has 0 radical (unpaired) electrons. The van der Waals surface area contributed by atoms with Crippen molar-refractivity contribution in [2.24, 2.45) is 0 Å². The number of nitrogens with one attached hydrogen (secondary N) is 1. The van der Waals surface area contributed by atoms with Gasteiger partial charge >= 0.3 is 0 Å². The molecule has 4 heteroatoms. The van der Waals surface area contributed by atoms with E-state index in [1.165, 1.54) is 0 Å². The Labute approximate surface area is 120 Å². The Morgan fingerprint density at radius 2 is 2.15 bits per heavy atom. The summed E-state index contributed by atoms with van der Waals surface area (Å²) in [6, 6.07) is 7.85. The fraction of sp³-hybridized carbons (Fsp3) is 0.375. The third-order valence-corrected chi connectivity index (χ3v) is 2.94. The number of aromatic nitrogens is 2. The van der Waals surface area contributed by atoms with Crippen molar-refractivity contribution in [2.45, 2.75) is 26.3 Å². The molecular formula is C16H21N3O. The van der Waals surface area contributed by atoms with Crippen molar-refractivity contribution in [3.63, 3.8) is 0 Å². The first-order valence-corrected chi connectivity index (χ1v) is 7.06. The zero-order valence-corrected chi connectivity index (χ0v) is 11.9. The molecule has 2 aromatic heterocycles. The van der Waals surface area contributed by atoms with E-state index in [-0.39, 0.29) is 0 Å². The first-order valence-electron chi connectivity index (χ1n) is 7.06. The molecule has 20 heavy (non-hydrogen) atoms. The van der Waals surface area contributed by atoms with Crippen LogP contribution in [0, 0.1) is 0 Å². The van der Waals surface area contributed by atoms with Crippen LogP contribution in [0.25, 0.3) is 0 Å². The molecule has 2 heterocycles. The standard InChI is InChI=1S/C16H21N3O/c1-2-8-17-12-14-13-18-10-6-16(14)20-11-7-15-5-3-4-9-19-15/h3-6,9-10,13,17H,2,7-8,11-12H2,1H3. The average molecular weight is 271 g/mol. The lowest BCUT2D eigenvalue weighted by Gasteiger charge is -2.11. The van der Waals surface area contributed by atoms with Gasteiger partial charge in [0.25, 0.3) is 0 Å². The highest BCUT2D eigenvalue weighted by atomic mass is 16.5. The Morgan fingerprint density at radius 1 is 1.20 bits per heavy atom. The predicted octanol–water partition coefficient (Wildman–Crippen LogP) is 2.60. The van der Waals surface area contributed by atoms with Gasteiger partial charge in [0, 0.05) is 42.8 Å². The van der Waals surface area contributed by atoms with Crippen molar-refractivity contribution in [1.29, 1.82) is 0 Å². The first-order chi connectivity index (χ1) is 9.90. The molecule has 0 atom stereocenters. The van der Waals surface area contributed by atoms with Crippen LogP contribution in [0.15, 0.2) is 42.9 Å². The molecule has 0 amide bonds. The van der Waals surface area contributed by atoms with Crippen LogP contribution in [0.2, 0.25) is 0 Å². The van der Waals surface area contributed by atoms with Crippen molar-refractivity contribution >= 4 is 0 Å². The minimum atomic E-state index is 0.627. The Morgan fingerprint density at radius 3 is 2.95 bits per heavy atom. The van der Waals surface area contributed by atoms with Gasteiger partial charge in [-0.1, -0.05) is 13.0 Å². The molecule has 0 fully saturated rings. The molecule has 0 aliphatic carbocycles. The minimum absolute atomic E-state index is 0.627. The fourth-order valence-electron chi connectivity index (χ4n) is 1.90. The van der Waals surface area contributed by atoms with Gasteiger partial charge in [-0.2, -0.15) is 0 Å². The van der Waals surface area contributed by atoms with E-state index in [9.17, 15) is 0 Å². The Hall–Kier alpha value is -1.94. The maximum atomic E-state index is 5.85. The lowest BCUT2D eigenvalue weighted by atomic mass is 10.2. The summed E-state index contributed by atoms with van der Waals surface area (Å²) in [6.07, 6.45) is 7.36. The summed E-state index contributed by atoms with van der Waals surface area (Å²) in [6.45, 7) is 4.57. The molecule has 106 valence electrons. The van der Waals surface area contributed by atoms with E-state index in [4.69, 9.17) is 4.74 Å². The summed E-state index contributed by atoms with van der Waals surface area (Å²) in [5, 5.41) is 3.37. The number of ether oxygens (including phenoxy) is 1. The van der Waals surface area contributed by atoms with E-state index in [1.54, 1.807) is 6.20 Å². The lowest BCUT2D eigenvalue weighted by Crippen LogP contribution is -2.15. The van der Waals surface area contributed by atoms with Gasteiger partial charge in [-0.3, -0.25) is 9.97 Å². The molecular weight excluding hydrogens is 250 g/mol. The first kappa shape index (κ1) is 14.5. The van der Waals surface area contributed by atoms with E-state index in [1.807, 2.05) is 36.7 Å². The number of nitrogens with zero attached hydrogens (tertiary/aromatic N) is 2. The summed E-state index contributed by atoms with van der Waals surface area (Å²) in [4.78, 5) is 8.45. The largest absolute Gasteiger partial charge is 0.493 e. The van der Waals surface area contributed by atoms with Crippen molar-refractivity contribution in [1.82, 2.24) is 15.3 Å². The van der Waals surface area contributed by atoms with Crippen molar-refractivity contribution in [3.8, 4) is 5.75 Å². The molecule has 0 aromatic carbocycles. The molecule has 0 saturated carbocycles. The monoisotopic (exact) mass is 271 g/mol. The molecule has 2 aromatic rings. The second-order valence-electron chi connectivity index (χ2n) is 4.58. The smallest absolute Gasteiger partial charge is 0.126 e. The van der Waals surface area contributed by atoms with Crippen molar-refractivity contribution in [3.05, 3.63) is 54.1 Å². The van der Waals surface area contributed by atoms with E-state index in [2.05, 4.69) is 22.2 Å². The van der Waals surface area contributed by atoms with E-state index < -0.39 is 0 Å². The lowest BCUT2D eigenvalue weighted by molar-refractivity contribution is 0.316. The molecule has 4 nitrogen and oxygen atoms in total. The van der Waals surface area contributed by atoms with E-state index in [0.717, 1.165) is 42.9 Å². The summed E-state index contributed by atoms with van der Waals surface area (Å²) in [5.41, 5.74) is 2.15. The SMILES string of the molecule is CCCNCc1cnccc1OCCc1ccccn1. The van der Waals surface area contributed by atoms with Gasteiger partial charge in [-0.25, -0.2) is 0 Å². The number of pyridine rings is 2. The summed E-state index contributed by atoms with van der Waals surface area (Å²) < 4.78 is 5.85. The highest BCUT2D eigenvalue weighted by Gasteiger charge is 2.03. The summed E-state index contributed by atoms with van der Waals surface area (Å²) >= 11 is 0. The molecule has 2 rings (SSSR count).